The summed E-state index contributed by atoms with van der Waals surface area (Å²) in [6, 6.07) is 0. The summed E-state index contributed by atoms with van der Waals surface area (Å²) in [5, 5.41) is 7.66. The third-order valence-corrected chi connectivity index (χ3v) is 2.11. The van der Waals surface area contributed by atoms with Crippen molar-refractivity contribution in [1.82, 2.24) is 0 Å². The van der Waals surface area contributed by atoms with Crippen molar-refractivity contribution in [3.05, 3.63) is 17.2 Å². The SMILES string of the molecule is CC(C)C1=C(C(C)C)C=NN=C=C1. The first-order chi connectivity index (χ1) is 6.13. The molecule has 0 spiro atoms. The average molecular weight is 176 g/mol. The van der Waals surface area contributed by atoms with Crippen LogP contribution in [0.25, 0.3) is 0 Å². The molecule has 0 aromatic rings. The zero-order chi connectivity index (χ0) is 9.84. The molecule has 1 aliphatic heterocycles. The van der Waals surface area contributed by atoms with E-state index in [0.29, 0.717) is 11.8 Å². The van der Waals surface area contributed by atoms with Crippen LogP contribution < -0.4 is 0 Å². The van der Waals surface area contributed by atoms with Crippen LogP contribution in [0.3, 0.4) is 0 Å². The Balaban J connectivity index is 3.15. The van der Waals surface area contributed by atoms with Crippen LogP contribution in [-0.2, 0) is 0 Å². The highest BCUT2D eigenvalue weighted by Crippen LogP contribution is 2.21. The molecule has 1 rings (SSSR count). The van der Waals surface area contributed by atoms with Crippen LogP contribution in [0.5, 0.6) is 0 Å². The molecule has 0 N–H and O–H groups in total. The molecular formula is C11H16N2. The third kappa shape index (κ3) is 2.40. The van der Waals surface area contributed by atoms with Crippen molar-refractivity contribution < 1.29 is 0 Å². The second-order valence-corrected chi connectivity index (χ2v) is 3.84. The highest BCUT2D eigenvalue weighted by Gasteiger charge is 2.10. The fourth-order valence-corrected chi connectivity index (χ4v) is 1.36. The average Bonchev–Trinajstić information content (AvgIpc) is 2.27. The molecule has 0 atom stereocenters. The molecule has 0 saturated heterocycles. The lowest BCUT2D eigenvalue weighted by Gasteiger charge is -2.13. The summed E-state index contributed by atoms with van der Waals surface area (Å²) in [6.45, 7) is 8.69. The van der Waals surface area contributed by atoms with Gasteiger partial charge in [-0.1, -0.05) is 27.7 Å². The van der Waals surface area contributed by atoms with Gasteiger partial charge in [0, 0.05) is 11.9 Å². The van der Waals surface area contributed by atoms with E-state index in [1.165, 1.54) is 11.1 Å². The van der Waals surface area contributed by atoms with Gasteiger partial charge in [-0.25, -0.2) is 0 Å². The molecule has 0 aromatic heterocycles. The van der Waals surface area contributed by atoms with E-state index in [-0.39, 0.29) is 0 Å². The van der Waals surface area contributed by atoms with E-state index in [2.05, 4.69) is 43.8 Å². The monoisotopic (exact) mass is 176 g/mol. The minimum absolute atomic E-state index is 0.493. The minimum Gasteiger partial charge on any atom is -0.150 e. The Bertz CT molecular complexity index is 300. The number of rotatable bonds is 2. The van der Waals surface area contributed by atoms with E-state index >= 15 is 0 Å². The highest BCUT2D eigenvalue weighted by molar-refractivity contribution is 5.83. The summed E-state index contributed by atoms with van der Waals surface area (Å²) in [4.78, 5) is 0. The Morgan fingerprint density at radius 3 is 2.23 bits per heavy atom. The predicted octanol–water partition coefficient (Wildman–Crippen LogP) is 2.82. The Labute approximate surface area is 79.8 Å². The normalized spacial score (nSPS) is 16.2. The third-order valence-electron chi connectivity index (χ3n) is 2.11. The summed E-state index contributed by atoms with van der Waals surface area (Å²) in [6.07, 6.45) is 3.78. The lowest BCUT2D eigenvalue weighted by atomic mass is 9.91. The molecular weight excluding hydrogens is 160 g/mol. The van der Waals surface area contributed by atoms with Gasteiger partial charge in [0.1, 0.15) is 0 Å². The first-order valence-corrected chi connectivity index (χ1v) is 4.68. The van der Waals surface area contributed by atoms with Gasteiger partial charge in [0.15, 0.2) is 0 Å². The molecule has 0 fully saturated rings. The van der Waals surface area contributed by atoms with Gasteiger partial charge in [-0.15, -0.1) is 5.10 Å². The molecule has 0 radical (unpaired) electrons. The van der Waals surface area contributed by atoms with Crippen molar-refractivity contribution in [3.8, 4) is 0 Å². The predicted molar refractivity (Wildman–Crippen MR) is 57.2 cm³/mol. The quantitative estimate of drug-likeness (QED) is 0.618. The molecule has 0 unspecified atom stereocenters. The van der Waals surface area contributed by atoms with Gasteiger partial charge >= 0.3 is 0 Å². The van der Waals surface area contributed by atoms with E-state index < -0.39 is 0 Å². The Morgan fingerprint density at radius 1 is 1.08 bits per heavy atom. The Morgan fingerprint density at radius 2 is 1.69 bits per heavy atom. The van der Waals surface area contributed by atoms with Gasteiger partial charge < -0.3 is 0 Å². The van der Waals surface area contributed by atoms with Crippen molar-refractivity contribution in [1.29, 1.82) is 0 Å². The van der Waals surface area contributed by atoms with Crippen LogP contribution in [0.4, 0.5) is 0 Å². The van der Waals surface area contributed by atoms with Crippen LogP contribution >= 0.6 is 0 Å². The van der Waals surface area contributed by atoms with Crippen molar-refractivity contribution in [2.24, 2.45) is 22.0 Å². The molecule has 13 heavy (non-hydrogen) atoms. The number of hydrogen-bond donors (Lipinski definition) is 0. The topological polar surface area (TPSA) is 24.7 Å². The highest BCUT2D eigenvalue weighted by atomic mass is 15.2. The van der Waals surface area contributed by atoms with Crippen LogP contribution in [0.15, 0.2) is 27.4 Å². The Hall–Kier alpha value is -1.14. The molecule has 0 saturated carbocycles. The Kier molecular flexibility index (Phi) is 3.21. The van der Waals surface area contributed by atoms with E-state index in [1.807, 2.05) is 12.3 Å². The lowest BCUT2D eigenvalue weighted by molar-refractivity contribution is 0.734. The van der Waals surface area contributed by atoms with Crippen molar-refractivity contribution in [3.63, 3.8) is 0 Å². The van der Waals surface area contributed by atoms with E-state index in [9.17, 15) is 0 Å². The molecule has 0 amide bonds. The number of hydrogen-bond acceptors (Lipinski definition) is 2. The summed E-state index contributed by atoms with van der Waals surface area (Å²) >= 11 is 0. The molecule has 1 heterocycles. The molecule has 0 aromatic carbocycles. The summed E-state index contributed by atoms with van der Waals surface area (Å²) in [7, 11) is 0. The molecule has 0 bridgehead atoms. The largest absolute Gasteiger partial charge is 0.150 e. The zero-order valence-corrected chi connectivity index (χ0v) is 8.70. The maximum Gasteiger partial charge on any atom is 0.0541 e. The first-order valence-electron chi connectivity index (χ1n) is 4.68. The molecule has 1 aliphatic rings. The van der Waals surface area contributed by atoms with E-state index in [4.69, 9.17) is 0 Å². The van der Waals surface area contributed by atoms with E-state index in [1.54, 1.807) is 0 Å². The molecule has 2 heteroatoms. The van der Waals surface area contributed by atoms with Gasteiger partial charge in [-0.3, -0.25) is 0 Å². The van der Waals surface area contributed by atoms with Gasteiger partial charge in [0.05, 0.1) is 6.21 Å². The van der Waals surface area contributed by atoms with E-state index in [0.717, 1.165) is 0 Å². The second kappa shape index (κ2) is 4.20. The fraction of sp³-hybridized carbons (Fsp3) is 0.545. The van der Waals surface area contributed by atoms with Crippen LogP contribution in [-0.4, -0.2) is 12.1 Å². The molecule has 0 aliphatic carbocycles. The zero-order valence-electron chi connectivity index (χ0n) is 8.70. The first kappa shape index (κ1) is 9.94. The van der Waals surface area contributed by atoms with Gasteiger partial charge in [-0.05, 0) is 23.0 Å². The van der Waals surface area contributed by atoms with Gasteiger partial charge in [0.25, 0.3) is 0 Å². The number of allylic oxidation sites excluding steroid dienone is 3. The van der Waals surface area contributed by atoms with Gasteiger partial charge in [-0.2, -0.15) is 5.10 Å². The number of nitrogens with zero attached hydrogens (tertiary/aromatic N) is 2. The summed E-state index contributed by atoms with van der Waals surface area (Å²) in [5.74, 6) is 3.81. The van der Waals surface area contributed by atoms with Crippen molar-refractivity contribution >= 4 is 12.1 Å². The van der Waals surface area contributed by atoms with Crippen molar-refractivity contribution in [2.45, 2.75) is 27.7 Å². The maximum atomic E-state index is 3.91. The maximum absolute atomic E-state index is 3.91. The molecule has 2 nitrogen and oxygen atoms in total. The van der Waals surface area contributed by atoms with Gasteiger partial charge in [0.2, 0.25) is 0 Å². The molecule has 70 valence electrons. The fourth-order valence-electron chi connectivity index (χ4n) is 1.36. The van der Waals surface area contributed by atoms with Crippen LogP contribution in [0.2, 0.25) is 0 Å². The second-order valence-electron chi connectivity index (χ2n) is 3.84. The summed E-state index contributed by atoms with van der Waals surface area (Å²) < 4.78 is 0. The van der Waals surface area contributed by atoms with Crippen LogP contribution in [0, 0.1) is 11.8 Å². The standard InChI is InChI=1S/C11H16N2/c1-8(2)10-5-6-12-13-7-11(10)9(3)4/h5,7-9H,1-4H3. The minimum atomic E-state index is 0.493. The summed E-state index contributed by atoms with van der Waals surface area (Å²) in [5.41, 5.74) is 2.56. The smallest absolute Gasteiger partial charge is 0.0541 e. The van der Waals surface area contributed by atoms with Crippen molar-refractivity contribution in [2.75, 3.05) is 0 Å². The lowest BCUT2D eigenvalue weighted by Crippen LogP contribution is -2.04. The van der Waals surface area contributed by atoms with Crippen LogP contribution in [0.1, 0.15) is 27.7 Å².